The Morgan fingerprint density at radius 1 is 1.32 bits per heavy atom. The first kappa shape index (κ1) is 18.5. The SMILES string of the molecule is COC(=O)CCC1=N/C(=C/c2ccc(CCCCCN=[N+]=[N-])[nH]2)C=C1. The van der Waals surface area contributed by atoms with Crippen LogP contribution >= 0.6 is 0 Å². The van der Waals surface area contributed by atoms with Gasteiger partial charge in [0.15, 0.2) is 0 Å². The molecule has 0 saturated heterocycles. The standard InChI is InChI=1S/C18H23N5O2/c1-25-18(24)11-10-15-7-9-17(22-15)13-16-8-6-14(21-16)5-3-2-4-12-20-23-19/h6-9,13,21H,2-5,10-12H2,1H3/b17-13+. The summed E-state index contributed by atoms with van der Waals surface area (Å²) in [5, 5.41) is 3.53. The zero-order valence-corrected chi connectivity index (χ0v) is 14.4. The molecule has 132 valence electrons. The van der Waals surface area contributed by atoms with Crippen LogP contribution < -0.4 is 0 Å². The number of azide groups is 1. The van der Waals surface area contributed by atoms with E-state index in [-0.39, 0.29) is 5.97 Å². The number of hydrogen-bond acceptors (Lipinski definition) is 4. The van der Waals surface area contributed by atoms with E-state index in [9.17, 15) is 4.79 Å². The molecular formula is C18H23N5O2. The molecule has 1 aliphatic heterocycles. The van der Waals surface area contributed by atoms with E-state index in [4.69, 9.17) is 5.53 Å². The van der Waals surface area contributed by atoms with Crippen LogP contribution in [0.25, 0.3) is 16.5 Å². The van der Waals surface area contributed by atoms with Crippen LogP contribution in [0.15, 0.2) is 40.1 Å². The number of aryl methyl sites for hydroxylation is 1. The summed E-state index contributed by atoms with van der Waals surface area (Å²) in [6.07, 6.45) is 10.8. The molecule has 0 aromatic carbocycles. The minimum absolute atomic E-state index is 0.220. The van der Waals surface area contributed by atoms with Gasteiger partial charge in [-0.2, -0.15) is 0 Å². The van der Waals surface area contributed by atoms with Gasteiger partial charge in [0.25, 0.3) is 0 Å². The van der Waals surface area contributed by atoms with Crippen LogP contribution in [0.3, 0.4) is 0 Å². The summed E-state index contributed by atoms with van der Waals surface area (Å²) in [5.74, 6) is -0.220. The molecule has 1 aromatic heterocycles. The lowest BCUT2D eigenvalue weighted by Gasteiger charge is -1.98. The van der Waals surface area contributed by atoms with Crippen molar-refractivity contribution in [2.45, 2.75) is 38.5 Å². The molecule has 0 unspecified atom stereocenters. The van der Waals surface area contributed by atoms with Crippen molar-refractivity contribution in [1.29, 1.82) is 0 Å². The normalized spacial score (nSPS) is 14.4. The highest BCUT2D eigenvalue weighted by Crippen LogP contribution is 2.17. The summed E-state index contributed by atoms with van der Waals surface area (Å²) in [6, 6.07) is 4.12. The van der Waals surface area contributed by atoms with Crippen LogP contribution in [0.4, 0.5) is 0 Å². The molecule has 1 aliphatic rings. The van der Waals surface area contributed by atoms with E-state index < -0.39 is 0 Å². The van der Waals surface area contributed by atoms with Gasteiger partial charge in [0.05, 0.1) is 19.2 Å². The number of carbonyl (C=O) groups is 1. The third-order valence-electron chi connectivity index (χ3n) is 3.87. The van der Waals surface area contributed by atoms with Gasteiger partial charge in [-0.05, 0) is 55.2 Å². The van der Waals surface area contributed by atoms with Gasteiger partial charge in [-0.1, -0.05) is 11.5 Å². The van der Waals surface area contributed by atoms with E-state index in [1.807, 2.05) is 24.3 Å². The quantitative estimate of drug-likeness (QED) is 0.225. The highest BCUT2D eigenvalue weighted by molar-refractivity contribution is 6.00. The smallest absolute Gasteiger partial charge is 0.305 e. The van der Waals surface area contributed by atoms with E-state index in [1.165, 1.54) is 12.8 Å². The molecular weight excluding hydrogens is 318 g/mol. The van der Waals surface area contributed by atoms with Crippen molar-refractivity contribution in [2.24, 2.45) is 10.1 Å². The van der Waals surface area contributed by atoms with Gasteiger partial charge in [-0.3, -0.25) is 9.79 Å². The molecule has 1 N–H and O–H groups in total. The van der Waals surface area contributed by atoms with Gasteiger partial charge in [-0.25, -0.2) is 0 Å². The molecule has 7 heteroatoms. The number of allylic oxidation sites excluding steroid dienone is 2. The summed E-state index contributed by atoms with van der Waals surface area (Å²) in [4.78, 5) is 21.8. The van der Waals surface area contributed by atoms with Crippen LogP contribution in [0, 0.1) is 0 Å². The van der Waals surface area contributed by atoms with Crippen molar-refractivity contribution < 1.29 is 9.53 Å². The van der Waals surface area contributed by atoms with E-state index in [0.717, 1.165) is 42.8 Å². The third kappa shape index (κ3) is 6.69. The molecule has 0 aliphatic carbocycles. The molecule has 7 nitrogen and oxygen atoms in total. The highest BCUT2D eigenvalue weighted by atomic mass is 16.5. The zero-order chi connectivity index (χ0) is 17.9. The first-order chi connectivity index (χ1) is 12.2. The Morgan fingerprint density at radius 3 is 3.00 bits per heavy atom. The fourth-order valence-electron chi connectivity index (χ4n) is 2.54. The average molecular weight is 341 g/mol. The van der Waals surface area contributed by atoms with Crippen molar-refractivity contribution in [3.8, 4) is 0 Å². The maximum Gasteiger partial charge on any atom is 0.305 e. The van der Waals surface area contributed by atoms with E-state index in [2.05, 4.69) is 30.8 Å². The van der Waals surface area contributed by atoms with Gasteiger partial charge in [0.2, 0.25) is 0 Å². The molecule has 0 atom stereocenters. The first-order valence-corrected chi connectivity index (χ1v) is 8.44. The number of aromatic amines is 1. The topological polar surface area (TPSA) is 103 Å². The van der Waals surface area contributed by atoms with Crippen molar-refractivity contribution in [1.82, 2.24) is 4.98 Å². The van der Waals surface area contributed by atoms with Gasteiger partial charge < -0.3 is 9.72 Å². The molecule has 0 bridgehead atoms. The number of ether oxygens (including phenoxy) is 1. The van der Waals surface area contributed by atoms with Crippen molar-refractivity contribution in [3.63, 3.8) is 0 Å². The Morgan fingerprint density at radius 2 is 2.20 bits per heavy atom. The molecule has 2 heterocycles. The van der Waals surface area contributed by atoms with Crippen LogP contribution in [0.5, 0.6) is 0 Å². The molecule has 0 spiro atoms. The van der Waals surface area contributed by atoms with Crippen LogP contribution in [0.2, 0.25) is 0 Å². The number of nitrogens with one attached hydrogen (secondary N) is 1. The summed E-state index contributed by atoms with van der Waals surface area (Å²) in [7, 11) is 1.39. The summed E-state index contributed by atoms with van der Waals surface area (Å²) in [5.41, 5.74) is 12.2. The number of methoxy groups -OCH3 is 1. The van der Waals surface area contributed by atoms with E-state index in [0.29, 0.717) is 19.4 Å². The minimum atomic E-state index is -0.220. The van der Waals surface area contributed by atoms with Crippen molar-refractivity contribution >= 4 is 17.8 Å². The monoisotopic (exact) mass is 341 g/mol. The van der Waals surface area contributed by atoms with Crippen LogP contribution in [-0.4, -0.2) is 30.3 Å². The zero-order valence-electron chi connectivity index (χ0n) is 14.4. The predicted molar refractivity (Wildman–Crippen MR) is 98.2 cm³/mol. The van der Waals surface area contributed by atoms with Crippen LogP contribution in [-0.2, 0) is 16.0 Å². The number of rotatable bonds is 10. The number of aromatic nitrogens is 1. The molecule has 0 fully saturated rings. The van der Waals surface area contributed by atoms with Crippen molar-refractivity contribution in [2.75, 3.05) is 13.7 Å². The predicted octanol–water partition coefficient (Wildman–Crippen LogP) is 4.34. The molecule has 2 rings (SSSR count). The van der Waals surface area contributed by atoms with E-state index in [1.54, 1.807) is 0 Å². The van der Waals surface area contributed by atoms with E-state index >= 15 is 0 Å². The summed E-state index contributed by atoms with van der Waals surface area (Å²) < 4.78 is 4.64. The summed E-state index contributed by atoms with van der Waals surface area (Å²) >= 11 is 0. The number of esters is 1. The Balaban J connectivity index is 1.79. The Hall–Kier alpha value is -2.79. The van der Waals surface area contributed by atoms with Gasteiger partial charge in [0, 0.05) is 35.0 Å². The second-order valence-corrected chi connectivity index (χ2v) is 5.79. The summed E-state index contributed by atoms with van der Waals surface area (Å²) in [6.45, 7) is 0.571. The van der Waals surface area contributed by atoms with Gasteiger partial charge in [0.1, 0.15) is 0 Å². The van der Waals surface area contributed by atoms with Gasteiger partial charge in [-0.15, -0.1) is 0 Å². The second kappa shape index (κ2) is 10.2. The number of unbranched alkanes of at least 4 members (excludes halogenated alkanes) is 2. The molecule has 0 radical (unpaired) electrons. The average Bonchev–Trinajstić information content (AvgIpc) is 3.25. The van der Waals surface area contributed by atoms with Crippen LogP contribution in [0.1, 0.15) is 43.5 Å². The lowest BCUT2D eigenvalue weighted by Crippen LogP contribution is -2.02. The third-order valence-corrected chi connectivity index (χ3v) is 3.87. The fourth-order valence-corrected chi connectivity index (χ4v) is 2.54. The number of aliphatic imine (C=N–C) groups is 1. The Bertz CT molecular complexity index is 724. The number of H-pyrrole nitrogens is 1. The maximum atomic E-state index is 11.2. The maximum absolute atomic E-state index is 11.2. The second-order valence-electron chi connectivity index (χ2n) is 5.79. The Kier molecular flexibility index (Phi) is 7.53. The Labute approximate surface area is 147 Å². The minimum Gasteiger partial charge on any atom is -0.469 e. The highest BCUT2D eigenvalue weighted by Gasteiger charge is 2.08. The van der Waals surface area contributed by atoms with Gasteiger partial charge >= 0.3 is 5.97 Å². The molecule has 0 amide bonds. The lowest BCUT2D eigenvalue weighted by molar-refractivity contribution is -0.140. The first-order valence-electron chi connectivity index (χ1n) is 8.44. The van der Waals surface area contributed by atoms with Crippen molar-refractivity contribution in [3.05, 3.63) is 51.8 Å². The molecule has 1 aromatic rings. The fraction of sp³-hybridized carbons (Fsp3) is 0.444. The number of carbonyl (C=O) groups excluding carboxylic acids is 1. The largest absolute Gasteiger partial charge is 0.469 e. The molecule has 0 saturated carbocycles. The molecule has 25 heavy (non-hydrogen) atoms. The number of nitrogens with zero attached hydrogens (tertiary/aromatic N) is 4. The lowest BCUT2D eigenvalue weighted by atomic mass is 10.1. The number of hydrogen-bond donors (Lipinski definition) is 1.